The molecule has 1 saturated heterocycles. The second kappa shape index (κ2) is 12.2. The van der Waals surface area contributed by atoms with Gasteiger partial charge in [-0.1, -0.05) is 40.5 Å². The largest absolute Gasteiger partial charge is 0.391 e. The number of benzene rings is 3. The van der Waals surface area contributed by atoms with E-state index in [0.29, 0.717) is 39.0 Å². The summed E-state index contributed by atoms with van der Waals surface area (Å²) in [6.07, 6.45) is 2.16. The third-order valence-corrected chi connectivity index (χ3v) is 7.24. The van der Waals surface area contributed by atoms with Gasteiger partial charge in [-0.25, -0.2) is 0 Å². The second-order valence-corrected chi connectivity index (χ2v) is 10.1. The summed E-state index contributed by atoms with van der Waals surface area (Å²) in [6, 6.07) is 22.5. The predicted molar refractivity (Wildman–Crippen MR) is 154 cm³/mol. The Balaban J connectivity index is 1.30. The number of nitrogens with one attached hydrogen (secondary N) is 1. The number of hydrogen-bond donors (Lipinski definition) is 1. The van der Waals surface area contributed by atoms with Gasteiger partial charge >= 0.3 is 0 Å². The zero-order chi connectivity index (χ0) is 28.1. The lowest BCUT2D eigenvalue weighted by Crippen LogP contribution is -2.38. The van der Waals surface area contributed by atoms with Gasteiger partial charge in [-0.15, -0.1) is 0 Å². The number of amides is 2. The van der Waals surface area contributed by atoms with Crippen molar-refractivity contribution in [2.75, 3.05) is 11.9 Å². The lowest BCUT2D eigenvalue weighted by atomic mass is 10.1. The van der Waals surface area contributed by atoms with Crippen LogP contribution >= 0.6 is 23.2 Å². The fourth-order valence-corrected chi connectivity index (χ4v) is 4.84. The Labute approximate surface area is 240 Å². The Hall–Kier alpha value is -4.45. The Morgan fingerprint density at radius 2 is 1.90 bits per heavy atom. The van der Waals surface area contributed by atoms with E-state index in [1.807, 2.05) is 30.3 Å². The molecular formula is C30H23Cl2N5O3. The summed E-state index contributed by atoms with van der Waals surface area (Å²) in [5.74, 6) is -0.488. The number of likely N-dealkylation sites (tertiary alicyclic amines) is 1. The molecule has 0 unspecified atom stereocenters. The Bertz CT molecular complexity index is 1650. The quantitative estimate of drug-likeness (QED) is 0.264. The molecular weight excluding hydrogens is 549 g/mol. The molecule has 1 atom stereocenters. The number of oxime groups is 1. The van der Waals surface area contributed by atoms with Gasteiger partial charge in [0.15, 0.2) is 0 Å². The van der Waals surface area contributed by atoms with E-state index in [1.165, 1.54) is 0 Å². The number of pyridine rings is 1. The maximum absolute atomic E-state index is 13.4. The third-order valence-electron chi connectivity index (χ3n) is 6.50. The Morgan fingerprint density at radius 1 is 1.07 bits per heavy atom. The summed E-state index contributed by atoms with van der Waals surface area (Å²) >= 11 is 12.1. The van der Waals surface area contributed by atoms with Crippen LogP contribution < -0.4 is 5.32 Å². The van der Waals surface area contributed by atoms with E-state index >= 15 is 0 Å². The van der Waals surface area contributed by atoms with Crippen LogP contribution in [0.4, 0.5) is 5.69 Å². The smallest absolute Gasteiger partial charge is 0.254 e. The van der Waals surface area contributed by atoms with E-state index in [9.17, 15) is 9.59 Å². The van der Waals surface area contributed by atoms with Crippen LogP contribution in [0, 0.1) is 11.3 Å². The maximum Gasteiger partial charge on any atom is 0.254 e. The molecule has 1 aliphatic rings. The Morgan fingerprint density at radius 3 is 2.67 bits per heavy atom. The van der Waals surface area contributed by atoms with E-state index < -0.39 is 6.04 Å². The van der Waals surface area contributed by atoms with E-state index in [2.05, 4.69) is 15.5 Å². The van der Waals surface area contributed by atoms with Gasteiger partial charge in [-0.2, -0.15) is 5.26 Å². The minimum Gasteiger partial charge on any atom is -0.391 e. The summed E-state index contributed by atoms with van der Waals surface area (Å²) in [4.78, 5) is 38.0. The van der Waals surface area contributed by atoms with Crippen LogP contribution in [0.5, 0.6) is 0 Å². The van der Waals surface area contributed by atoms with Gasteiger partial charge in [-0.05, 0) is 66.2 Å². The molecule has 1 aliphatic heterocycles. The number of fused-ring (bicyclic) bond motifs is 1. The first-order valence-corrected chi connectivity index (χ1v) is 13.2. The fraction of sp³-hybridized carbons (Fsp3) is 0.167. The highest BCUT2D eigenvalue weighted by Gasteiger charge is 2.35. The number of carbonyl (C=O) groups is 2. The second-order valence-electron chi connectivity index (χ2n) is 9.32. The number of anilines is 1. The molecule has 2 heterocycles. The average Bonchev–Trinajstić information content (AvgIpc) is 3.36. The molecule has 5 rings (SSSR count). The van der Waals surface area contributed by atoms with Crippen molar-refractivity contribution in [2.24, 2.45) is 5.16 Å². The molecule has 2 amide bonds. The molecule has 1 N–H and O–H groups in total. The summed E-state index contributed by atoms with van der Waals surface area (Å²) in [7, 11) is 0. The molecule has 4 aromatic rings. The standard InChI is InChI=1S/C30H23Cl2N5O3/c31-26-9-5-20(12-27(26)32)18-40-36-24-14-25(37(17-24)30(39)21-6-3-19(16-33)4-7-21)15-29(38)35-23-8-10-28-22(13-23)2-1-11-34-28/h1-13,25H,14-15,17-18H2,(H,35,38)/t25-/m0/s1. The summed E-state index contributed by atoms with van der Waals surface area (Å²) in [6.45, 7) is 0.381. The molecule has 1 fully saturated rings. The van der Waals surface area contributed by atoms with Gasteiger partial charge in [0.05, 0.1) is 39.5 Å². The normalized spacial score (nSPS) is 15.7. The fourth-order valence-electron chi connectivity index (χ4n) is 4.52. The van der Waals surface area contributed by atoms with Crippen molar-refractivity contribution in [2.45, 2.75) is 25.5 Å². The lowest BCUT2D eigenvalue weighted by molar-refractivity contribution is -0.117. The first-order chi connectivity index (χ1) is 19.4. The van der Waals surface area contributed by atoms with Crippen LogP contribution in [0.25, 0.3) is 10.9 Å². The highest BCUT2D eigenvalue weighted by atomic mass is 35.5. The minimum absolute atomic E-state index is 0.0684. The molecule has 0 radical (unpaired) electrons. The molecule has 3 aromatic carbocycles. The van der Waals surface area contributed by atoms with Crippen LogP contribution in [0.2, 0.25) is 10.0 Å². The van der Waals surface area contributed by atoms with Gasteiger partial charge < -0.3 is 15.1 Å². The number of nitrogens with zero attached hydrogens (tertiary/aromatic N) is 4. The number of nitriles is 1. The monoisotopic (exact) mass is 571 g/mol. The van der Waals surface area contributed by atoms with Gasteiger partial charge in [0.25, 0.3) is 5.91 Å². The van der Waals surface area contributed by atoms with Gasteiger partial charge in [0, 0.05) is 41.7 Å². The molecule has 0 aliphatic carbocycles. The molecule has 0 spiro atoms. The van der Waals surface area contributed by atoms with Gasteiger partial charge in [0.2, 0.25) is 5.91 Å². The van der Waals surface area contributed by atoms with Crippen molar-refractivity contribution in [1.29, 1.82) is 5.26 Å². The van der Waals surface area contributed by atoms with Crippen LogP contribution in [0.1, 0.15) is 34.3 Å². The number of aromatic nitrogens is 1. The van der Waals surface area contributed by atoms with E-state index in [1.54, 1.807) is 59.6 Å². The van der Waals surface area contributed by atoms with Crippen molar-refractivity contribution in [3.8, 4) is 6.07 Å². The first kappa shape index (κ1) is 27.1. The number of rotatable bonds is 7. The third kappa shape index (κ3) is 6.40. The molecule has 40 heavy (non-hydrogen) atoms. The van der Waals surface area contributed by atoms with Crippen LogP contribution in [0.15, 0.2) is 84.1 Å². The SMILES string of the molecule is N#Cc1ccc(C(=O)N2CC(=NOCc3ccc(Cl)c(Cl)c3)C[C@H]2CC(=O)Nc2ccc3ncccc3c2)cc1. The van der Waals surface area contributed by atoms with Gasteiger partial charge in [0.1, 0.15) is 6.61 Å². The first-order valence-electron chi connectivity index (χ1n) is 12.5. The number of carbonyl (C=O) groups excluding carboxylic acids is 2. The number of halogens is 2. The lowest BCUT2D eigenvalue weighted by Gasteiger charge is -2.24. The van der Waals surface area contributed by atoms with E-state index in [-0.39, 0.29) is 31.4 Å². The van der Waals surface area contributed by atoms with Crippen molar-refractivity contribution in [1.82, 2.24) is 9.88 Å². The summed E-state index contributed by atoms with van der Waals surface area (Å²) < 4.78 is 0. The minimum atomic E-state index is -0.433. The van der Waals surface area contributed by atoms with Crippen molar-refractivity contribution >= 4 is 57.3 Å². The van der Waals surface area contributed by atoms with Crippen molar-refractivity contribution < 1.29 is 14.4 Å². The highest BCUT2D eigenvalue weighted by Crippen LogP contribution is 2.25. The highest BCUT2D eigenvalue weighted by molar-refractivity contribution is 6.42. The molecule has 0 saturated carbocycles. The Kier molecular flexibility index (Phi) is 8.25. The van der Waals surface area contributed by atoms with Crippen molar-refractivity contribution in [3.63, 3.8) is 0 Å². The molecule has 200 valence electrons. The maximum atomic E-state index is 13.4. The van der Waals surface area contributed by atoms with Crippen LogP contribution in [0.3, 0.4) is 0 Å². The molecule has 0 bridgehead atoms. The predicted octanol–water partition coefficient (Wildman–Crippen LogP) is 6.23. The van der Waals surface area contributed by atoms with Crippen LogP contribution in [-0.2, 0) is 16.2 Å². The van der Waals surface area contributed by atoms with E-state index in [0.717, 1.165) is 16.5 Å². The summed E-state index contributed by atoms with van der Waals surface area (Å²) in [5.41, 5.74) is 3.78. The number of hydrogen-bond acceptors (Lipinski definition) is 6. The van der Waals surface area contributed by atoms with Crippen LogP contribution in [-0.4, -0.2) is 40.0 Å². The zero-order valence-electron chi connectivity index (χ0n) is 21.2. The molecule has 1 aromatic heterocycles. The summed E-state index contributed by atoms with van der Waals surface area (Å²) in [5, 5.41) is 18.1. The topological polar surface area (TPSA) is 108 Å². The van der Waals surface area contributed by atoms with Crippen molar-refractivity contribution in [3.05, 3.63) is 106 Å². The average molecular weight is 572 g/mol. The molecule has 10 heteroatoms. The van der Waals surface area contributed by atoms with Gasteiger partial charge in [-0.3, -0.25) is 14.6 Å². The molecule has 8 nitrogen and oxygen atoms in total. The van der Waals surface area contributed by atoms with E-state index in [4.69, 9.17) is 33.3 Å². The zero-order valence-corrected chi connectivity index (χ0v) is 22.7.